The average Bonchev–Trinajstić information content (AvgIpc) is 2.25. The van der Waals surface area contributed by atoms with Crippen molar-refractivity contribution in [2.24, 2.45) is 5.14 Å². The molecule has 2 rings (SSSR count). The van der Waals surface area contributed by atoms with Crippen LogP contribution in [-0.2, 0) is 10.0 Å². The molecule has 0 fully saturated rings. The highest BCUT2D eigenvalue weighted by Crippen LogP contribution is 2.36. The summed E-state index contributed by atoms with van der Waals surface area (Å²) in [7, 11) is -3.80. The first-order valence-corrected chi connectivity index (χ1v) is 8.39. The van der Waals surface area contributed by atoms with Crippen LogP contribution in [0.5, 0.6) is 0 Å². The van der Waals surface area contributed by atoms with Gasteiger partial charge in [-0.2, -0.15) is 0 Å². The van der Waals surface area contributed by atoms with Gasteiger partial charge in [-0.15, -0.1) is 0 Å². The molecule has 0 saturated carbocycles. The Labute approximate surface area is 117 Å². The molecule has 1 aliphatic rings. The third-order valence-electron chi connectivity index (χ3n) is 2.14. The van der Waals surface area contributed by atoms with Crippen molar-refractivity contribution in [2.75, 3.05) is 10.6 Å². The molecule has 0 aromatic heterocycles. The van der Waals surface area contributed by atoms with E-state index < -0.39 is 10.0 Å². The van der Waals surface area contributed by atoms with E-state index in [1.807, 2.05) is 0 Å². The molecule has 0 bridgehead atoms. The average molecular weight is 359 g/mol. The molecule has 0 amide bonds. The molecule has 5 nitrogen and oxygen atoms in total. The van der Waals surface area contributed by atoms with Crippen molar-refractivity contribution in [2.45, 2.75) is 16.0 Å². The fraction of sp³-hybridized carbons (Fsp3) is 0.250. The van der Waals surface area contributed by atoms with Crippen molar-refractivity contribution in [1.82, 2.24) is 4.72 Å². The maximum absolute atomic E-state index is 11.3. The summed E-state index contributed by atoms with van der Waals surface area (Å²) < 4.78 is 25.7. The highest BCUT2D eigenvalue weighted by molar-refractivity contribution is 9.09. The van der Waals surface area contributed by atoms with E-state index in [0.29, 0.717) is 5.33 Å². The Morgan fingerprint density at radius 1 is 1.53 bits per heavy atom. The van der Waals surface area contributed by atoms with Gasteiger partial charge in [0.05, 0.1) is 16.9 Å². The van der Waals surface area contributed by atoms with E-state index in [0.717, 1.165) is 10.6 Å². The van der Waals surface area contributed by atoms with Crippen LogP contribution in [0.25, 0.3) is 0 Å². The lowest BCUT2D eigenvalue weighted by atomic mass is 10.3. The summed E-state index contributed by atoms with van der Waals surface area (Å²) in [4.78, 5) is 0.682. The van der Waals surface area contributed by atoms with Crippen LogP contribution in [-0.4, -0.2) is 19.9 Å². The summed E-state index contributed by atoms with van der Waals surface area (Å²) in [6, 6.07) is 3.03. The van der Waals surface area contributed by atoms with Gasteiger partial charge in [0.25, 0.3) is 0 Å². The number of nitrogens with two attached hydrogens (primary N) is 1. The standard InChI is InChI=1S/C8H9BrClN3O2S2/c9-3-8-12-5-1-4(10)7(17(11,14)15)2-6(5)16-13-8/h1-2,8,12-13H,3H2,(H2,11,14,15). The highest BCUT2D eigenvalue weighted by atomic mass is 79.9. The second-order valence-corrected chi connectivity index (χ2v) is 6.86. The van der Waals surface area contributed by atoms with Gasteiger partial charge in [0.1, 0.15) is 4.90 Å². The maximum Gasteiger partial charge on any atom is 0.239 e. The normalized spacial score (nSPS) is 19.6. The zero-order valence-electron chi connectivity index (χ0n) is 8.41. The van der Waals surface area contributed by atoms with E-state index in [1.54, 1.807) is 6.07 Å². The van der Waals surface area contributed by atoms with Crippen molar-refractivity contribution in [3.63, 3.8) is 0 Å². The molecule has 1 atom stereocenters. The first-order valence-electron chi connectivity index (χ1n) is 4.53. The zero-order chi connectivity index (χ0) is 12.6. The largest absolute Gasteiger partial charge is 0.367 e. The van der Waals surface area contributed by atoms with Crippen LogP contribution in [0.2, 0.25) is 5.02 Å². The fourth-order valence-electron chi connectivity index (χ4n) is 1.37. The second-order valence-electron chi connectivity index (χ2n) is 3.39. The summed E-state index contributed by atoms with van der Waals surface area (Å²) in [5.41, 5.74) is 0.788. The van der Waals surface area contributed by atoms with Gasteiger partial charge in [0.2, 0.25) is 10.0 Å². The summed E-state index contributed by atoms with van der Waals surface area (Å²) >= 11 is 10.6. The first-order chi connectivity index (χ1) is 7.91. The SMILES string of the molecule is NS(=O)(=O)c1cc2c(cc1Cl)NC(CBr)NS2. The monoisotopic (exact) mass is 357 g/mol. The van der Waals surface area contributed by atoms with E-state index in [2.05, 4.69) is 26.0 Å². The van der Waals surface area contributed by atoms with E-state index in [9.17, 15) is 8.42 Å². The van der Waals surface area contributed by atoms with E-state index in [4.69, 9.17) is 16.7 Å². The Hall–Kier alpha value is 0.01000. The summed E-state index contributed by atoms with van der Waals surface area (Å²) in [6.45, 7) is 0. The van der Waals surface area contributed by atoms with Crippen molar-refractivity contribution < 1.29 is 8.42 Å². The molecule has 0 radical (unpaired) electrons. The van der Waals surface area contributed by atoms with Crippen molar-refractivity contribution in [3.8, 4) is 0 Å². The molecular formula is C8H9BrClN3O2S2. The van der Waals surface area contributed by atoms with E-state index in [1.165, 1.54) is 18.0 Å². The van der Waals surface area contributed by atoms with Crippen LogP contribution < -0.4 is 15.2 Å². The number of fused-ring (bicyclic) bond motifs is 1. The topological polar surface area (TPSA) is 84.2 Å². The van der Waals surface area contributed by atoms with Crippen LogP contribution in [0.1, 0.15) is 0 Å². The number of benzene rings is 1. The molecule has 1 aliphatic heterocycles. The molecular weight excluding hydrogens is 350 g/mol. The molecule has 94 valence electrons. The van der Waals surface area contributed by atoms with Gasteiger partial charge in [0, 0.05) is 10.2 Å². The van der Waals surface area contributed by atoms with Gasteiger partial charge in [0.15, 0.2) is 0 Å². The molecule has 17 heavy (non-hydrogen) atoms. The number of hydrogen-bond donors (Lipinski definition) is 3. The van der Waals surface area contributed by atoms with Gasteiger partial charge >= 0.3 is 0 Å². The van der Waals surface area contributed by atoms with E-state index in [-0.39, 0.29) is 16.1 Å². The molecule has 0 aliphatic carbocycles. The number of nitrogens with one attached hydrogen (secondary N) is 2. The quantitative estimate of drug-likeness (QED) is 0.554. The lowest BCUT2D eigenvalue weighted by Crippen LogP contribution is -2.36. The van der Waals surface area contributed by atoms with Crippen LogP contribution in [0.15, 0.2) is 21.9 Å². The Bertz CT molecular complexity index is 552. The second kappa shape index (κ2) is 4.94. The van der Waals surface area contributed by atoms with Crippen LogP contribution in [0.3, 0.4) is 0 Å². The molecule has 1 unspecified atom stereocenters. The molecule has 1 aromatic carbocycles. The summed E-state index contributed by atoms with van der Waals surface area (Å²) in [6.07, 6.45) is 0.0592. The minimum absolute atomic E-state index is 0.0592. The molecule has 4 N–H and O–H groups in total. The summed E-state index contributed by atoms with van der Waals surface area (Å²) in [5, 5.41) is 9.08. The number of rotatable bonds is 2. The number of anilines is 1. The van der Waals surface area contributed by atoms with Gasteiger partial charge in [-0.3, -0.25) is 0 Å². The smallest absolute Gasteiger partial charge is 0.239 e. The molecule has 0 saturated heterocycles. The lowest BCUT2D eigenvalue weighted by Gasteiger charge is -2.26. The fourth-order valence-corrected chi connectivity index (χ4v) is 3.90. The Balaban J connectivity index is 2.46. The maximum atomic E-state index is 11.3. The Morgan fingerprint density at radius 3 is 2.82 bits per heavy atom. The third kappa shape index (κ3) is 2.88. The van der Waals surface area contributed by atoms with Gasteiger partial charge in [-0.05, 0) is 24.1 Å². The Morgan fingerprint density at radius 2 is 2.24 bits per heavy atom. The number of halogens is 2. The Kier molecular flexibility index (Phi) is 3.91. The number of alkyl halides is 1. The van der Waals surface area contributed by atoms with Crippen molar-refractivity contribution in [3.05, 3.63) is 17.2 Å². The lowest BCUT2D eigenvalue weighted by molar-refractivity contribution is 0.597. The van der Waals surface area contributed by atoms with Crippen LogP contribution in [0.4, 0.5) is 5.69 Å². The first kappa shape index (κ1) is 13.4. The number of primary sulfonamides is 1. The number of hydrogen-bond acceptors (Lipinski definition) is 5. The van der Waals surface area contributed by atoms with Crippen LogP contribution >= 0.6 is 39.5 Å². The molecule has 0 spiro atoms. The van der Waals surface area contributed by atoms with E-state index >= 15 is 0 Å². The minimum atomic E-state index is -3.80. The predicted molar refractivity (Wildman–Crippen MR) is 73.0 cm³/mol. The van der Waals surface area contributed by atoms with Gasteiger partial charge in [-0.1, -0.05) is 27.5 Å². The van der Waals surface area contributed by atoms with Gasteiger partial charge in [-0.25, -0.2) is 18.3 Å². The molecule has 1 aromatic rings. The predicted octanol–water partition coefficient (Wildman–Crippen LogP) is 1.73. The minimum Gasteiger partial charge on any atom is -0.367 e. The summed E-state index contributed by atoms with van der Waals surface area (Å²) in [5.74, 6) is 0. The van der Waals surface area contributed by atoms with Gasteiger partial charge < -0.3 is 5.32 Å². The van der Waals surface area contributed by atoms with Crippen LogP contribution in [0, 0.1) is 0 Å². The third-order valence-corrected chi connectivity index (χ3v) is 5.12. The zero-order valence-corrected chi connectivity index (χ0v) is 12.4. The van der Waals surface area contributed by atoms with Crippen molar-refractivity contribution >= 4 is 55.2 Å². The number of sulfonamides is 1. The molecule has 1 heterocycles. The molecule has 9 heteroatoms. The van der Waals surface area contributed by atoms with Crippen molar-refractivity contribution in [1.29, 1.82) is 0 Å². The highest BCUT2D eigenvalue weighted by Gasteiger charge is 2.22.